The van der Waals surface area contributed by atoms with Crippen LogP contribution in [-0.4, -0.2) is 9.67 Å². The number of aliphatic hydroxyl groups is 1. The summed E-state index contributed by atoms with van der Waals surface area (Å²) in [7, 11) is 0. The molecule has 1 N–H and O–H groups in total. The highest BCUT2D eigenvalue weighted by atomic mass is 79.9. The summed E-state index contributed by atoms with van der Waals surface area (Å²) in [6.45, 7) is 4.57. The SMILES string of the molecule is CCn1c(Cl)c(C(C)O)c2cc(Br)ccc21. The van der Waals surface area contributed by atoms with Crippen molar-refractivity contribution in [3.63, 3.8) is 0 Å². The summed E-state index contributed by atoms with van der Waals surface area (Å²) >= 11 is 9.72. The van der Waals surface area contributed by atoms with Gasteiger partial charge in [0.1, 0.15) is 5.15 Å². The minimum atomic E-state index is -0.558. The molecule has 0 aliphatic heterocycles. The van der Waals surface area contributed by atoms with Crippen LogP contribution in [0.15, 0.2) is 22.7 Å². The molecule has 1 aromatic heterocycles. The number of nitrogens with zero attached hydrogens (tertiary/aromatic N) is 1. The predicted octanol–water partition coefficient (Wildman–Crippen LogP) is 4.13. The van der Waals surface area contributed by atoms with Gasteiger partial charge in [0.25, 0.3) is 0 Å². The van der Waals surface area contributed by atoms with Gasteiger partial charge in [0.05, 0.1) is 6.10 Å². The van der Waals surface area contributed by atoms with Crippen molar-refractivity contribution in [3.05, 3.63) is 33.4 Å². The van der Waals surface area contributed by atoms with Crippen LogP contribution in [0.5, 0.6) is 0 Å². The highest BCUT2D eigenvalue weighted by molar-refractivity contribution is 9.10. The number of aryl methyl sites for hydroxylation is 1. The Morgan fingerprint density at radius 1 is 1.50 bits per heavy atom. The van der Waals surface area contributed by atoms with Crippen LogP contribution < -0.4 is 0 Å². The minimum absolute atomic E-state index is 0.558. The summed E-state index contributed by atoms with van der Waals surface area (Å²) < 4.78 is 3.00. The molecule has 0 spiro atoms. The van der Waals surface area contributed by atoms with E-state index in [-0.39, 0.29) is 0 Å². The van der Waals surface area contributed by atoms with E-state index < -0.39 is 6.10 Å². The monoisotopic (exact) mass is 301 g/mol. The molecule has 86 valence electrons. The lowest BCUT2D eigenvalue weighted by Crippen LogP contribution is -1.95. The first-order valence-corrected chi connectivity index (χ1v) is 6.38. The van der Waals surface area contributed by atoms with Gasteiger partial charge in [0, 0.05) is 27.5 Å². The molecule has 1 atom stereocenters. The molecule has 16 heavy (non-hydrogen) atoms. The number of halogens is 2. The van der Waals surface area contributed by atoms with E-state index in [1.54, 1.807) is 6.92 Å². The van der Waals surface area contributed by atoms with Crippen molar-refractivity contribution in [3.8, 4) is 0 Å². The molecule has 0 aliphatic rings. The zero-order chi connectivity index (χ0) is 11.9. The van der Waals surface area contributed by atoms with Crippen LogP contribution in [0.2, 0.25) is 5.15 Å². The van der Waals surface area contributed by atoms with Crippen LogP contribution in [-0.2, 0) is 6.54 Å². The van der Waals surface area contributed by atoms with Crippen LogP contribution >= 0.6 is 27.5 Å². The van der Waals surface area contributed by atoms with E-state index in [4.69, 9.17) is 11.6 Å². The fraction of sp³-hybridized carbons (Fsp3) is 0.333. The number of fused-ring (bicyclic) bond motifs is 1. The minimum Gasteiger partial charge on any atom is -0.389 e. The second kappa shape index (κ2) is 4.40. The second-order valence-electron chi connectivity index (χ2n) is 3.79. The van der Waals surface area contributed by atoms with Crippen molar-refractivity contribution in [1.82, 2.24) is 4.57 Å². The molecule has 0 saturated carbocycles. The van der Waals surface area contributed by atoms with E-state index in [9.17, 15) is 5.11 Å². The van der Waals surface area contributed by atoms with E-state index in [0.717, 1.165) is 27.5 Å². The maximum atomic E-state index is 9.79. The molecule has 0 radical (unpaired) electrons. The van der Waals surface area contributed by atoms with Crippen LogP contribution in [0, 0.1) is 0 Å². The van der Waals surface area contributed by atoms with Crippen molar-refractivity contribution >= 4 is 38.4 Å². The molecule has 2 nitrogen and oxygen atoms in total. The van der Waals surface area contributed by atoms with Crippen molar-refractivity contribution in [1.29, 1.82) is 0 Å². The Morgan fingerprint density at radius 2 is 2.19 bits per heavy atom. The highest BCUT2D eigenvalue weighted by Gasteiger charge is 2.18. The molecule has 0 fully saturated rings. The van der Waals surface area contributed by atoms with Gasteiger partial charge in [-0.15, -0.1) is 0 Å². The van der Waals surface area contributed by atoms with Crippen LogP contribution in [0.4, 0.5) is 0 Å². The van der Waals surface area contributed by atoms with Gasteiger partial charge in [-0.05, 0) is 32.0 Å². The van der Waals surface area contributed by atoms with Crippen LogP contribution in [0.3, 0.4) is 0 Å². The molecule has 1 heterocycles. The van der Waals surface area contributed by atoms with Crippen LogP contribution in [0.1, 0.15) is 25.5 Å². The van der Waals surface area contributed by atoms with Crippen molar-refractivity contribution in [2.24, 2.45) is 0 Å². The van der Waals surface area contributed by atoms with Gasteiger partial charge in [-0.1, -0.05) is 27.5 Å². The number of aliphatic hydroxyl groups excluding tert-OH is 1. The number of hydrogen-bond acceptors (Lipinski definition) is 1. The van der Waals surface area contributed by atoms with Crippen molar-refractivity contribution < 1.29 is 5.11 Å². The Labute approximate surface area is 108 Å². The average molecular weight is 303 g/mol. The summed E-state index contributed by atoms with van der Waals surface area (Å²) in [6, 6.07) is 5.99. The van der Waals surface area contributed by atoms with Gasteiger partial charge < -0.3 is 9.67 Å². The molecule has 0 saturated heterocycles. The Hall–Kier alpha value is -0.510. The summed E-state index contributed by atoms with van der Waals surface area (Å²) in [5.41, 5.74) is 1.87. The van der Waals surface area contributed by atoms with Gasteiger partial charge in [0.2, 0.25) is 0 Å². The molecule has 0 amide bonds. The summed E-state index contributed by atoms with van der Waals surface area (Å²) in [5.74, 6) is 0. The quantitative estimate of drug-likeness (QED) is 0.886. The van der Waals surface area contributed by atoms with E-state index in [1.807, 2.05) is 29.7 Å². The average Bonchev–Trinajstić information content (AvgIpc) is 2.48. The van der Waals surface area contributed by atoms with Gasteiger partial charge in [0.15, 0.2) is 0 Å². The zero-order valence-corrected chi connectivity index (χ0v) is 11.5. The third-order valence-corrected chi connectivity index (χ3v) is 3.63. The fourth-order valence-electron chi connectivity index (χ4n) is 2.03. The van der Waals surface area contributed by atoms with Gasteiger partial charge in [-0.3, -0.25) is 0 Å². The Bertz CT molecular complexity index is 533. The van der Waals surface area contributed by atoms with E-state index in [2.05, 4.69) is 15.9 Å². The zero-order valence-electron chi connectivity index (χ0n) is 9.17. The Kier molecular flexibility index (Phi) is 3.29. The molecule has 1 unspecified atom stereocenters. The molecule has 2 aromatic rings. The van der Waals surface area contributed by atoms with E-state index in [0.29, 0.717) is 5.15 Å². The van der Waals surface area contributed by atoms with Crippen molar-refractivity contribution in [2.45, 2.75) is 26.5 Å². The first kappa shape index (κ1) is 12.0. The number of benzene rings is 1. The number of hydrogen-bond donors (Lipinski definition) is 1. The maximum absolute atomic E-state index is 9.79. The molecule has 0 aliphatic carbocycles. The predicted molar refractivity (Wildman–Crippen MR) is 71.0 cm³/mol. The largest absolute Gasteiger partial charge is 0.389 e. The first-order chi connectivity index (χ1) is 7.56. The van der Waals surface area contributed by atoms with Gasteiger partial charge >= 0.3 is 0 Å². The third-order valence-electron chi connectivity index (χ3n) is 2.73. The first-order valence-electron chi connectivity index (χ1n) is 5.21. The summed E-state index contributed by atoms with van der Waals surface area (Å²) in [6.07, 6.45) is -0.558. The topological polar surface area (TPSA) is 25.2 Å². The lowest BCUT2D eigenvalue weighted by molar-refractivity contribution is 0.200. The normalized spacial score (nSPS) is 13.3. The summed E-state index contributed by atoms with van der Waals surface area (Å²) in [5, 5.41) is 11.4. The third kappa shape index (κ3) is 1.77. The van der Waals surface area contributed by atoms with Crippen molar-refractivity contribution in [2.75, 3.05) is 0 Å². The molecule has 2 rings (SSSR count). The lowest BCUT2D eigenvalue weighted by Gasteiger charge is -2.04. The van der Waals surface area contributed by atoms with Crippen LogP contribution in [0.25, 0.3) is 10.9 Å². The number of rotatable bonds is 2. The smallest absolute Gasteiger partial charge is 0.115 e. The lowest BCUT2D eigenvalue weighted by atomic mass is 10.1. The summed E-state index contributed by atoms with van der Waals surface area (Å²) in [4.78, 5) is 0. The maximum Gasteiger partial charge on any atom is 0.115 e. The van der Waals surface area contributed by atoms with E-state index >= 15 is 0 Å². The van der Waals surface area contributed by atoms with E-state index in [1.165, 1.54) is 0 Å². The Balaban J connectivity index is 2.86. The molecular weight excluding hydrogens is 289 g/mol. The molecule has 1 aromatic carbocycles. The Morgan fingerprint density at radius 3 is 2.75 bits per heavy atom. The standard InChI is InChI=1S/C12H13BrClNO/c1-3-15-10-5-4-8(13)6-9(10)11(7(2)16)12(15)14/h4-7,16H,3H2,1-2H3. The molecule has 0 bridgehead atoms. The molecular formula is C12H13BrClNO. The second-order valence-corrected chi connectivity index (χ2v) is 5.06. The van der Waals surface area contributed by atoms with Gasteiger partial charge in [-0.25, -0.2) is 0 Å². The molecule has 4 heteroatoms. The van der Waals surface area contributed by atoms with Gasteiger partial charge in [-0.2, -0.15) is 0 Å². The number of aromatic nitrogens is 1. The fourth-order valence-corrected chi connectivity index (χ4v) is 2.86. The highest BCUT2D eigenvalue weighted by Crippen LogP contribution is 2.35.